The lowest BCUT2D eigenvalue weighted by atomic mass is 9.98. The summed E-state index contributed by atoms with van der Waals surface area (Å²) in [6.07, 6.45) is -3.48. The first-order valence-electron chi connectivity index (χ1n) is 10.8. The second kappa shape index (κ2) is 9.94. The van der Waals surface area contributed by atoms with Crippen LogP contribution in [0.3, 0.4) is 0 Å². The summed E-state index contributed by atoms with van der Waals surface area (Å²) in [7, 11) is -4.06. The van der Waals surface area contributed by atoms with E-state index in [0.29, 0.717) is 0 Å². The molecule has 1 aliphatic carbocycles. The first kappa shape index (κ1) is 23.9. The molecule has 0 saturated heterocycles. The fourth-order valence-corrected chi connectivity index (χ4v) is 5.11. The Morgan fingerprint density at radius 2 is 1.50 bits per heavy atom. The van der Waals surface area contributed by atoms with E-state index in [9.17, 15) is 23.4 Å². The Morgan fingerprint density at radius 1 is 0.941 bits per heavy atom. The molecule has 0 aromatic heterocycles. The Bertz CT molecular complexity index is 1250. The third kappa shape index (κ3) is 4.97. The number of carbonyl (C=O) groups is 1. The number of sulfonamides is 1. The number of rotatable bonds is 8. The van der Waals surface area contributed by atoms with E-state index in [1.165, 1.54) is 24.3 Å². The number of carbonyl (C=O) groups excluding carboxylic acids is 1. The fraction of sp³-hybridized carbons (Fsp3) is 0.240. The van der Waals surface area contributed by atoms with Gasteiger partial charge in [0.25, 0.3) is 0 Å². The number of nitrogens with two attached hydrogens (primary N) is 1. The topological polar surface area (TPSA) is 139 Å². The maximum atomic E-state index is 12.3. The van der Waals surface area contributed by atoms with Gasteiger partial charge in [-0.2, -0.15) is 0 Å². The molecule has 0 radical (unpaired) electrons. The van der Waals surface area contributed by atoms with Crippen LogP contribution >= 0.6 is 0 Å². The summed E-state index contributed by atoms with van der Waals surface area (Å²) >= 11 is 0. The van der Waals surface area contributed by atoms with Gasteiger partial charge in [-0.3, -0.25) is 0 Å². The van der Waals surface area contributed by atoms with Crippen molar-refractivity contribution in [3.63, 3.8) is 0 Å². The molecule has 0 spiro atoms. The van der Waals surface area contributed by atoms with E-state index in [1.54, 1.807) is 0 Å². The van der Waals surface area contributed by atoms with Crippen LogP contribution < -0.4 is 10.5 Å². The first-order valence-corrected chi connectivity index (χ1v) is 12.4. The van der Waals surface area contributed by atoms with Crippen molar-refractivity contribution in [3.8, 4) is 11.1 Å². The third-order valence-corrected chi connectivity index (χ3v) is 6.95. The van der Waals surface area contributed by atoms with Crippen molar-refractivity contribution < 1.29 is 28.2 Å². The molecule has 34 heavy (non-hydrogen) atoms. The monoisotopic (exact) mass is 482 g/mol. The average Bonchev–Trinajstić information content (AvgIpc) is 3.15. The van der Waals surface area contributed by atoms with Gasteiger partial charge in [-0.25, -0.2) is 18.4 Å². The number of ether oxygens (including phenoxy) is 1. The van der Waals surface area contributed by atoms with Crippen molar-refractivity contribution in [1.29, 1.82) is 0 Å². The van der Waals surface area contributed by atoms with Crippen molar-refractivity contribution in [2.24, 2.45) is 5.14 Å². The van der Waals surface area contributed by atoms with Gasteiger partial charge in [-0.15, -0.1) is 0 Å². The molecule has 178 valence electrons. The zero-order chi connectivity index (χ0) is 24.3. The number of hydrogen-bond acceptors (Lipinski definition) is 6. The molecule has 1 amide bonds. The lowest BCUT2D eigenvalue weighted by molar-refractivity contribution is 0.0121. The van der Waals surface area contributed by atoms with E-state index in [2.05, 4.69) is 17.4 Å². The number of aliphatic hydroxyl groups excluding tert-OH is 2. The van der Waals surface area contributed by atoms with E-state index >= 15 is 0 Å². The van der Waals surface area contributed by atoms with Crippen molar-refractivity contribution in [2.75, 3.05) is 13.2 Å². The van der Waals surface area contributed by atoms with Crippen molar-refractivity contribution in [3.05, 3.63) is 89.5 Å². The summed E-state index contributed by atoms with van der Waals surface area (Å²) in [6, 6.07) is 21.7. The molecule has 0 bridgehead atoms. The Morgan fingerprint density at radius 3 is 2.12 bits per heavy atom. The minimum Gasteiger partial charge on any atom is -0.449 e. The molecule has 3 aromatic carbocycles. The van der Waals surface area contributed by atoms with Crippen molar-refractivity contribution in [1.82, 2.24) is 5.32 Å². The number of primary sulfonamides is 1. The molecule has 2 unspecified atom stereocenters. The van der Waals surface area contributed by atoms with Gasteiger partial charge in [0.2, 0.25) is 10.0 Å². The van der Waals surface area contributed by atoms with Crippen LogP contribution in [0.2, 0.25) is 0 Å². The largest absolute Gasteiger partial charge is 0.449 e. The van der Waals surface area contributed by atoms with E-state index in [0.717, 1.165) is 22.3 Å². The summed E-state index contributed by atoms with van der Waals surface area (Å²) in [6.45, 7) is 0.180. The van der Waals surface area contributed by atoms with Crippen LogP contribution in [-0.4, -0.2) is 44.0 Å². The quantitative estimate of drug-likeness (QED) is 0.389. The molecule has 4 rings (SSSR count). The van der Waals surface area contributed by atoms with Crippen LogP contribution in [0, 0.1) is 0 Å². The lowest BCUT2D eigenvalue weighted by Crippen LogP contribution is -2.31. The minimum atomic E-state index is -4.06. The zero-order valence-electron chi connectivity index (χ0n) is 18.3. The molecule has 1 aliphatic rings. The van der Waals surface area contributed by atoms with Crippen LogP contribution in [0.4, 0.5) is 4.79 Å². The Hall–Kier alpha value is -3.24. The molecule has 0 fully saturated rings. The number of benzene rings is 3. The van der Waals surface area contributed by atoms with Gasteiger partial charge >= 0.3 is 6.09 Å². The van der Waals surface area contributed by atoms with Crippen LogP contribution in [0.25, 0.3) is 11.1 Å². The number of hydrogen-bond donors (Lipinski definition) is 4. The average molecular weight is 483 g/mol. The van der Waals surface area contributed by atoms with Crippen molar-refractivity contribution >= 4 is 16.1 Å². The van der Waals surface area contributed by atoms with Crippen LogP contribution in [0.5, 0.6) is 0 Å². The SMILES string of the molecule is NS(=O)(=O)c1ccccc1C(O)C(O)CCNC(=O)OCC1c2ccccc2-c2ccccc21. The highest BCUT2D eigenvalue weighted by molar-refractivity contribution is 7.89. The Kier molecular flexibility index (Phi) is 6.99. The lowest BCUT2D eigenvalue weighted by Gasteiger charge is -2.20. The Labute approximate surface area is 198 Å². The normalized spacial score (nSPS) is 14.7. The van der Waals surface area contributed by atoms with Gasteiger partial charge in [-0.05, 0) is 34.7 Å². The summed E-state index contributed by atoms with van der Waals surface area (Å²) < 4.78 is 28.9. The maximum absolute atomic E-state index is 12.3. The van der Waals surface area contributed by atoms with Gasteiger partial charge in [0.05, 0.1) is 11.0 Å². The van der Waals surface area contributed by atoms with Crippen LogP contribution in [-0.2, 0) is 14.8 Å². The van der Waals surface area contributed by atoms with Gasteiger partial charge < -0.3 is 20.3 Å². The first-order chi connectivity index (χ1) is 16.3. The molecule has 3 aromatic rings. The van der Waals surface area contributed by atoms with Crippen LogP contribution in [0.1, 0.15) is 35.1 Å². The fourth-order valence-electron chi connectivity index (χ4n) is 4.32. The van der Waals surface area contributed by atoms with Gasteiger partial charge in [0.15, 0.2) is 0 Å². The maximum Gasteiger partial charge on any atom is 0.407 e. The molecule has 8 nitrogen and oxygen atoms in total. The zero-order valence-corrected chi connectivity index (χ0v) is 19.1. The molecule has 0 aliphatic heterocycles. The number of nitrogens with one attached hydrogen (secondary N) is 1. The highest BCUT2D eigenvalue weighted by Gasteiger charge is 2.29. The number of amides is 1. The third-order valence-electron chi connectivity index (χ3n) is 5.96. The number of fused-ring (bicyclic) bond motifs is 3. The summed E-state index contributed by atoms with van der Waals surface area (Å²) in [5, 5.41) is 28.5. The standard InChI is InChI=1S/C25H26N2O6S/c26-34(31,32)23-12-6-5-11-20(23)24(29)22(28)13-14-27-25(30)33-15-21-18-9-3-1-7-16(18)17-8-2-4-10-19(17)21/h1-12,21-22,24,28-29H,13-15H2,(H,27,30)(H2,26,31,32). The minimum absolute atomic E-state index is 0.00126. The summed E-state index contributed by atoms with van der Waals surface area (Å²) in [5.74, 6) is -0.0692. The van der Waals surface area contributed by atoms with Crippen LogP contribution in [0.15, 0.2) is 77.7 Å². The smallest absolute Gasteiger partial charge is 0.407 e. The predicted octanol–water partition coefficient (Wildman–Crippen LogP) is 2.66. The second-order valence-corrected chi connectivity index (χ2v) is 9.67. The van der Waals surface area contributed by atoms with Gasteiger partial charge in [0, 0.05) is 18.0 Å². The molecule has 2 atom stereocenters. The summed E-state index contributed by atoms with van der Waals surface area (Å²) in [4.78, 5) is 12.0. The number of alkyl carbamates (subject to hydrolysis) is 1. The molecule has 5 N–H and O–H groups in total. The van der Waals surface area contributed by atoms with E-state index in [-0.39, 0.29) is 35.9 Å². The van der Waals surface area contributed by atoms with Crippen molar-refractivity contribution in [2.45, 2.75) is 29.4 Å². The Balaban J connectivity index is 1.31. The van der Waals surface area contributed by atoms with Gasteiger partial charge in [0.1, 0.15) is 12.7 Å². The van der Waals surface area contributed by atoms with E-state index in [1.807, 2.05) is 36.4 Å². The van der Waals surface area contributed by atoms with E-state index in [4.69, 9.17) is 9.88 Å². The highest BCUT2D eigenvalue weighted by atomic mass is 32.2. The predicted molar refractivity (Wildman–Crippen MR) is 126 cm³/mol. The summed E-state index contributed by atoms with van der Waals surface area (Å²) in [5.41, 5.74) is 4.46. The number of aliphatic hydroxyl groups is 2. The highest BCUT2D eigenvalue weighted by Crippen LogP contribution is 2.44. The van der Waals surface area contributed by atoms with Gasteiger partial charge in [-0.1, -0.05) is 66.7 Å². The second-order valence-electron chi connectivity index (χ2n) is 8.14. The molecular formula is C25H26N2O6S. The molecular weight excluding hydrogens is 456 g/mol. The molecule has 0 heterocycles. The van der Waals surface area contributed by atoms with E-state index < -0.39 is 28.3 Å². The molecule has 0 saturated carbocycles. The molecule has 9 heteroatoms.